The zero-order valence-corrected chi connectivity index (χ0v) is 17.7. The number of thiophene rings is 1. The quantitative estimate of drug-likeness (QED) is 0.638. The lowest BCUT2D eigenvalue weighted by molar-refractivity contribution is -0.922. The van der Waals surface area contributed by atoms with E-state index in [4.69, 9.17) is 14.7 Å². The van der Waals surface area contributed by atoms with Crippen LogP contribution in [-0.4, -0.2) is 63.5 Å². The molecule has 0 aromatic carbocycles. The van der Waals surface area contributed by atoms with E-state index in [1.807, 2.05) is 11.3 Å². The summed E-state index contributed by atoms with van der Waals surface area (Å²) >= 11 is 1.90. The van der Waals surface area contributed by atoms with Crippen molar-refractivity contribution in [1.82, 2.24) is 9.97 Å². The minimum absolute atomic E-state index is 0.782. The summed E-state index contributed by atoms with van der Waals surface area (Å²) in [4.78, 5) is 15.7. The van der Waals surface area contributed by atoms with Crippen LogP contribution in [0.1, 0.15) is 29.6 Å². The van der Waals surface area contributed by atoms with Crippen molar-refractivity contribution in [2.75, 3.05) is 58.8 Å². The second kappa shape index (κ2) is 8.39. The summed E-state index contributed by atoms with van der Waals surface area (Å²) in [6.45, 7) is 9.08. The van der Waals surface area contributed by atoms with Gasteiger partial charge in [0.05, 0.1) is 45.8 Å². The third kappa shape index (κ3) is 4.42. The molecule has 0 bridgehead atoms. The van der Waals surface area contributed by atoms with E-state index in [1.165, 1.54) is 49.7 Å². The van der Waals surface area contributed by atoms with Gasteiger partial charge in [-0.15, -0.1) is 11.3 Å². The molecule has 2 aromatic heterocycles. The molecule has 2 aliphatic rings. The van der Waals surface area contributed by atoms with Crippen molar-refractivity contribution in [3.05, 3.63) is 16.3 Å². The van der Waals surface area contributed by atoms with Crippen LogP contribution in [-0.2, 0) is 24.1 Å². The largest absolute Gasteiger partial charge is 0.370 e. The zero-order chi connectivity index (χ0) is 18.8. The predicted molar refractivity (Wildman–Crippen MR) is 110 cm³/mol. The fraction of sp³-hybridized carbons (Fsp3) is 0.700. The standard InChI is InChI=1S/C20H31N5OS/c1-14-4-5-15-16(12-14)27-20-18(15)19(21-6-7-24(2)3)22-17(23-20)13-25-8-10-26-11-9-25/h14H,4-13H2,1-3H3,(H,21,22,23)/p+2/t14-/m1/s1. The number of likely N-dealkylation sites (N-methyl/N-ethyl adjacent to an activating group) is 1. The molecule has 1 aliphatic heterocycles. The summed E-state index contributed by atoms with van der Waals surface area (Å²) in [5.41, 5.74) is 1.51. The highest BCUT2D eigenvalue weighted by molar-refractivity contribution is 7.19. The van der Waals surface area contributed by atoms with Gasteiger partial charge in [0.15, 0.2) is 5.82 Å². The summed E-state index contributed by atoms with van der Waals surface area (Å²) in [6.07, 6.45) is 3.64. The van der Waals surface area contributed by atoms with Crippen LogP contribution in [0.15, 0.2) is 0 Å². The smallest absolute Gasteiger partial charge is 0.187 e. The second-order valence-corrected chi connectivity index (χ2v) is 9.53. The lowest BCUT2D eigenvalue weighted by Crippen LogP contribution is -3.12. The molecule has 3 heterocycles. The monoisotopic (exact) mass is 391 g/mol. The second-order valence-electron chi connectivity index (χ2n) is 8.44. The van der Waals surface area contributed by atoms with Gasteiger partial charge in [-0.1, -0.05) is 6.92 Å². The average Bonchev–Trinajstić information content (AvgIpc) is 2.99. The minimum Gasteiger partial charge on any atom is -0.370 e. The summed E-state index contributed by atoms with van der Waals surface area (Å²) < 4.78 is 5.50. The maximum atomic E-state index is 5.50. The van der Waals surface area contributed by atoms with E-state index in [0.29, 0.717) is 0 Å². The molecule has 148 valence electrons. The molecule has 7 heteroatoms. The Bertz CT molecular complexity index is 784. The molecule has 1 atom stereocenters. The number of aromatic nitrogens is 2. The first-order valence-corrected chi connectivity index (χ1v) is 11.2. The van der Waals surface area contributed by atoms with Gasteiger partial charge in [0, 0.05) is 4.88 Å². The molecule has 0 unspecified atom stereocenters. The summed E-state index contributed by atoms with van der Waals surface area (Å²) in [7, 11) is 4.39. The first kappa shape index (κ1) is 19.1. The number of hydrogen-bond acceptors (Lipinski definition) is 5. The molecular formula is C20H33N5OS+2. The Kier molecular flexibility index (Phi) is 5.92. The van der Waals surface area contributed by atoms with Gasteiger partial charge in [0.2, 0.25) is 0 Å². The number of nitrogens with one attached hydrogen (secondary N) is 3. The minimum atomic E-state index is 0.782. The van der Waals surface area contributed by atoms with Crippen LogP contribution in [0.5, 0.6) is 0 Å². The number of fused-ring (bicyclic) bond motifs is 3. The Morgan fingerprint density at radius 3 is 2.85 bits per heavy atom. The topological polar surface area (TPSA) is 55.9 Å². The Morgan fingerprint density at radius 1 is 1.26 bits per heavy atom. The Balaban J connectivity index is 1.65. The predicted octanol–water partition coefficient (Wildman–Crippen LogP) is -0.212. The van der Waals surface area contributed by atoms with Gasteiger partial charge >= 0.3 is 0 Å². The zero-order valence-electron chi connectivity index (χ0n) is 16.9. The van der Waals surface area contributed by atoms with E-state index in [2.05, 4.69) is 26.3 Å². The molecule has 1 fully saturated rings. The molecule has 0 spiro atoms. The van der Waals surface area contributed by atoms with Gasteiger partial charge in [-0.25, -0.2) is 9.97 Å². The fourth-order valence-electron chi connectivity index (χ4n) is 4.08. The number of morpholine rings is 1. The van der Waals surface area contributed by atoms with E-state index in [9.17, 15) is 0 Å². The SMILES string of the molecule is C[C@@H]1CCc2c(sc3nc(C[NH+]4CCOCC4)nc(NCC[NH+](C)C)c23)C1. The van der Waals surface area contributed by atoms with Gasteiger partial charge in [0.1, 0.15) is 30.3 Å². The van der Waals surface area contributed by atoms with E-state index >= 15 is 0 Å². The molecular weight excluding hydrogens is 358 g/mol. The molecule has 0 amide bonds. The summed E-state index contributed by atoms with van der Waals surface area (Å²) in [5.74, 6) is 2.83. The number of quaternary nitrogens is 2. The number of aryl methyl sites for hydroxylation is 1. The Morgan fingerprint density at radius 2 is 2.07 bits per heavy atom. The highest BCUT2D eigenvalue weighted by Gasteiger charge is 2.25. The molecule has 1 aliphatic carbocycles. The average molecular weight is 392 g/mol. The summed E-state index contributed by atoms with van der Waals surface area (Å²) in [5, 5.41) is 4.95. The van der Waals surface area contributed by atoms with Gasteiger partial charge in [-0.2, -0.15) is 0 Å². The molecule has 6 nitrogen and oxygen atoms in total. The van der Waals surface area contributed by atoms with Gasteiger partial charge < -0.3 is 19.9 Å². The lowest BCUT2D eigenvalue weighted by atomic mass is 9.89. The van der Waals surface area contributed by atoms with E-state index in [1.54, 1.807) is 0 Å². The Hall–Kier alpha value is -1.28. The van der Waals surface area contributed by atoms with Crippen molar-refractivity contribution in [2.24, 2.45) is 5.92 Å². The highest BCUT2D eigenvalue weighted by atomic mass is 32.1. The number of ether oxygens (including phenoxy) is 1. The molecule has 1 saturated heterocycles. The third-order valence-electron chi connectivity index (χ3n) is 5.73. The number of anilines is 1. The molecule has 3 N–H and O–H groups in total. The van der Waals surface area contributed by atoms with Crippen LogP contribution in [0, 0.1) is 5.92 Å². The van der Waals surface area contributed by atoms with Crippen LogP contribution in [0.4, 0.5) is 5.82 Å². The maximum absolute atomic E-state index is 5.50. The van der Waals surface area contributed by atoms with Crippen molar-refractivity contribution in [2.45, 2.75) is 32.7 Å². The fourth-order valence-corrected chi connectivity index (χ4v) is 5.49. The molecule has 0 saturated carbocycles. The molecule has 4 rings (SSSR count). The molecule has 0 radical (unpaired) electrons. The van der Waals surface area contributed by atoms with Gasteiger partial charge in [0.25, 0.3) is 0 Å². The van der Waals surface area contributed by atoms with Crippen LogP contribution < -0.4 is 15.1 Å². The van der Waals surface area contributed by atoms with E-state index < -0.39 is 0 Å². The first-order valence-electron chi connectivity index (χ1n) is 10.4. The van der Waals surface area contributed by atoms with Crippen LogP contribution in [0.2, 0.25) is 0 Å². The van der Waals surface area contributed by atoms with Crippen molar-refractivity contribution in [3.63, 3.8) is 0 Å². The van der Waals surface area contributed by atoms with E-state index in [-0.39, 0.29) is 0 Å². The van der Waals surface area contributed by atoms with Crippen molar-refractivity contribution in [1.29, 1.82) is 0 Å². The normalized spacial score (nSPS) is 21.0. The van der Waals surface area contributed by atoms with Crippen LogP contribution >= 0.6 is 11.3 Å². The van der Waals surface area contributed by atoms with Crippen LogP contribution in [0.3, 0.4) is 0 Å². The number of hydrogen-bond donors (Lipinski definition) is 3. The third-order valence-corrected chi connectivity index (χ3v) is 6.88. The first-order chi connectivity index (χ1) is 13.1. The number of nitrogens with zero attached hydrogens (tertiary/aromatic N) is 2. The molecule has 27 heavy (non-hydrogen) atoms. The number of rotatable bonds is 6. The Labute approximate surface area is 165 Å². The van der Waals surface area contributed by atoms with Gasteiger partial charge in [-0.3, -0.25) is 0 Å². The van der Waals surface area contributed by atoms with E-state index in [0.717, 1.165) is 63.5 Å². The van der Waals surface area contributed by atoms with Crippen molar-refractivity contribution in [3.8, 4) is 0 Å². The maximum Gasteiger partial charge on any atom is 0.187 e. The molecule has 2 aromatic rings. The van der Waals surface area contributed by atoms with Gasteiger partial charge in [-0.05, 0) is 30.7 Å². The highest BCUT2D eigenvalue weighted by Crippen LogP contribution is 2.39. The van der Waals surface area contributed by atoms with Crippen molar-refractivity contribution < 1.29 is 14.5 Å². The summed E-state index contributed by atoms with van der Waals surface area (Å²) in [6, 6.07) is 0. The van der Waals surface area contributed by atoms with Crippen molar-refractivity contribution >= 4 is 27.4 Å². The lowest BCUT2D eigenvalue weighted by Gasteiger charge is -2.23. The van der Waals surface area contributed by atoms with Crippen LogP contribution in [0.25, 0.3) is 10.2 Å².